The zero-order valence-electron chi connectivity index (χ0n) is 10.6. The van der Waals surface area contributed by atoms with Gasteiger partial charge in [0, 0.05) is 26.1 Å². The van der Waals surface area contributed by atoms with Crippen molar-refractivity contribution < 1.29 is 14.2 Å². The summed E-state index contributed by atoms with van der Waals surface area (Å²) in [4.78, 5) is 0. The Hall–Kier alpha value is -0.0551. The maximum Gasteiger partial charge on any atom is 0.139 e. The summed E-state index contributed by atoms with van der Waals surface area (Å²) in [6, 6.07) is 0.259. The first-order valence-corrected chi connectivity index (χ1v) is 5.84. The van der Waals surface area contributed by atoms with Gasteiger partial charge in [0.25, 0.3) is 0 Å². The first-order valence-electron chi connectivity index (χ1n) is 5.84. The van der Waals surface area contributed by atoms with Crippen LogP contribution in [-0.2, 0) is 14.2 Å². The van der Waals surface area contributed by atoms with Crippen molar-refractivity contribution in [2.45, 2.75) is 44.4 Å². The van der Waals surface area contributed by atoms with Crippen LogP contribution in [-0.4, -0.2) is 46.4 Å². The Balaban J connectivity index is 2.87. The molecule has 4 atom stereocenters. The molecule has 0 aromatic heterocycles. The number of hydrogen-bond donors (Lipinski definition) is 0. The highest BCUT2D eigenvalue weighted by molar-refractivity contribution is 6.11. The van der Waals surface area contributed by atoms with Crippen LogP contribution in [0.5, 0.6) is 0 Å². The third kappa shape index (κ3) is 2.22. The lowest BCUT2D eigenvalue weighted by molar-refractivity contribution is -0.119. The van der Waals surface area contributed by atoms with Crippen LogP contribution in [0.2, 0.25) is 0 Å². The molecule has 0 aromatic rings. The molecule has 1 aliphatic heterocycles. The minimum absolute atomic E-state index is 0.155. The van der Waals surface area contributed by atoms with E-state index in [9.17, 15) is 0 Å². The highest BCUT2D eigenvalue weighted by Gasteiger charge is 2.51. The van der Waals surface area contributed by atoms with Gasteiger partial charge in [-0.25, -0.2) is 0 Å². The van der Waals surface area contributed by atoms with E-state index < -0.39 is 0 Å². The van der Waals surface area contributed by atoms with E-state index in [0.717, 1.165) is 12.8 Å². The maximum absolute atomic E-state index is 6.10. The van der Waals surface area contributed by atoms with Gasteiger partial charge in [-0.1, -0.05) is 13.8 Å². The second kappa shape index (κ2) is 5.33. The van der Waals surface area contributed by atoms with E-state index >= 15 is 0 Å². The van der Waals surface area contributed by atoms with Crippen LogP contribution in [0.25, 0.3) is 0 Å². The summed E-state index contributed by atoms with van der Waals surface area (Å²) in [5.74, 6) is 0.477. The molecule has 1 heterocycles. The molecule has 3 nitrogen and oxygen atoms in total. The summed E-state index contributed by atoms with van der Waals surface area (Å²) in [5.41, 5.74) is -0.246. The van der Waals surface area contributed by atoms with Gasteiger partial charge in [-0.2, -0.15) is 0 Å². The Morgan fingerprint density at radius 1 is 1.33 bits per heavy atom. The van der Waals surface area contributed by atoms with Crippen molar-refractivity contribution in [3.8, 4) is 0 Å². The van der Waals surface area contributed by atoms with Crippen molar-refractivity contribution in [3.05, 3.63) is 0 Å². The van der Waals surface area contributed by atoms with Gasteiger partial charge in [0.05, 0.1) is 12.7 Å². The van der Waals surface area contributed by atoms with Crippen LogP contribution in [0.4, 0.5) is 0 Å². The minimum atomic E-state index is -0.246. The molecule has 88 valence electrons. The Kier molecular flexibility index (Phi) is 4.62. The van der Waals surface area contributed by atoms with E-state index in [0.29, 0.717) is 12.5 Å². The predicted octanol–water partition coefficient (Wildman–Crippen LogP) is 0.812. The van der Waals surface area contributed by atoms with Crippen LogP contribution in [0, 0.1) is 5.92 Å². The lowest BCUT2D eigenvalue weighted by atomic mass is 9.79. The van der Waals surface area contributed by atoms with Gasteiger partial charge in [-0.05, 0) is 12.8 Å². The topological polar surface area (TPSA) is 27.7 Å². The zero-order valence-corrected chi connectivity index (χ0v) is 10.6. The lowest BCUT2D eigenvalue weighted by Crippen LogP contribution is -2.46. The molecule has 0 saturated carbocycles. The largest absolute Gasteiger partial charge is 0.382 e. The molecule has 0 aromatic carbocycles. The van der Waals surface area contributed by atoms with Crippen molar-refractivity contribution >= 4 is 7.85 Å². The maximum atomic E-state index is 6.10. The number of methoxy groups -OCH3 is 2. The fourth-order valence-corrected chi connectivity index (χ4v) is 2.84. The van der Waals surface area contributed by atoms with Crippen LogP contribution >= 0.6 is 0 Å². The average molecular weight is 214 g/mol. The number of ether oxygens (including phenoxy) is 3. The van der Waals surface area contributed by atoms with Gasteiger partial charge in [0.2, 0.25) is 0 Å². The molecule has 1 fully saturated rings. The summed E-state index contributed by atoms with van der Waals surface area (Å²) in [7, 11) is 5.62. The highest BCUT2D eigenvalue weighted by Crippen LogP contribution is 2.40. The summed E-state index contributed by atoms with van der Waals surface area (Å²) < 4.78 is 17.0. The van der Waals surface area contributed by atoms with Crippen molar-refractivity contribution in [2.75, 3.05) is 20.8 Å². The van der Waals surface area contributed by atoms with Crippen molar-refractivity contribution in [1.82, 2.24) is 0 Å². The molecule has 0 amide bonds. The summed E-state index contributed by atoms with van der Waals surface area (Å²) in [6.45, 7) is 4.94. The molecule has 4 heteroatoms. The number of rotatable bonds is 5. The number of hydrogen-bond acceptors (Lipinski definition) is 3. The molecule has 0 aliphatic carbocycles. The molecule has 1 aliphatic rings. The molecular formula is C11H23BO3. The predicted molar refractivity (Wildman–Crippen MR) is 62.9 cm³/mol. The monoisotopic (exact) mass is 214 g/mol. The van der Waals surface area contributed by atoms with Gasteiger partial charge < -0.3 is 14.2 Å². The normalized spacial score (nSPS) is 40.9. The minimum Gasteiger partial charge on any atom is -0.382 e. The van der Waals surface area contributed by atoms with E-state index in [-0.39, 0.29) is 17.7 Å². The van der Waals surface area contributed by atoms with Crippen molar-refractivity contribution in [3.63, 3.8) is 0 Å². The zero-order chi connectivity index (χ0) is 11.5. The van der Waals surface area contributed by atoms with Gasteiger partial charge in [0.15, 0.2) is 0 Å². The molecule has 15 heavy (non-hydrogen) atoms. The Morgan fingerprint density at radius 2 is 2.00 bits per heavy atom. The Labute approximate surface area is 93.9 Å². The first-order chi connectivity index (χ1) is 7.15. The third-order valence-corrected chi connectivity index (χ3v) is 3.64. The molecule has 1 saturated heterocycles. The molecule has 0 spiro atoms. The highest BCUT2D eigenvalue weighted by atomic mass is 16.6. The van der Waals surface area contributed by atoms with E-state index in [1.165, 1.54) is 0 Å². The molecule has 0 unspecified atom stereocenters. The van der Waals surface area contributed by atoms with Gasteiger partial charge >= 0.3 is 0 Å². The molecule has 1 rings (SSSR count). The third-order valence-electron chi connectivity index (χ3n) is 3.64. The first kappa shape index (κ1) is 13.0. The summed E-state index contributed by atoms with van der Waals surface area (Å²) in [5, 5.41) is 0. The quantitative estimate of drug-likeness (QED) is 0.634. The van der Waals surface area contributed by atoms with E-state index in [1.54, 1.807) is 14.2 Å². The van der Waals surface area contributed by atoms with Crippen molar-refractivity contribution in [2.24, 2.45) is 5.92 Å². The molecule has 0 bridgehead atoms. The standard InChI is InChI=1S/C11H23BO3/c1-5-8-9(14-4)11(6-2,7-13-3)15-10(8)12/h8-10H,5-7,12H2,1-4H3/t8-,9+,10-,11-/m1/s1. The molecular weight excluding hydrogens is 191 g/mol. The van der Waals surface area contributed by atoms with Gasteiger partial charge in [0.1, 0.15) is 13.4 Å². The van der Waals surface area contributed by atoms with Crippen LogP contribution < -0.4 is 0 Å². The fourth-order valence-electron chi connectivity index (χ4n) is 2.84. The fraction of sp³-hybridized carbons (Fsp3) is 1.00. The smallest absolute Gasteiger partial charge is 0.139 e. The second-order valence-electron chi connectivity index (χ2n) is 4.40. The molecule has 0 radical (unpaired) electrons. The Bertz CT molecular complexity index is 200. The van der Waals surface area contributed by atoms with Crippen molar-refractivity contribution in [1.29, 1.82) is 0 Å². The van der Waals surface area contributed by atoms with Crippen LogP contribution in [0.15, 0.2) is 0 Å². The van der Waals surface area contributed by atoms with Gasteiger partial charge in [-0.15, -0.1) is 0 Å². The van der Waals surface area contributed by atoms with E-state index in [4.69, 9.17) is 14.2 Å². The average Bonchev–Trinajstić information content (AvgIpc) is 2.51. The second-order valence-corrected chi connectivity index (χ2v) is 4.40. The van der Waals surface area contributed by atoms with Gasteiger partial charge in [-0.3, -0.25) is 0 Å². The Morgan fingerprint density at radius 3 is 2.40 bits per heavy atom. The SMILES string of the molecule is B[C@@H]1O[C@](CC)(COC)[C@@H](OC)[C@H]1CC. The van der Waals surface area contributed by atoms with Crippen LogP contribution in [0.3, 0.4) is 0 Å². The lowest BCUT2D eigenvalue weighted by Gasteiger charge is -2.33. The van der Waals surface area contributed by atoms with Crippen LogP contribution in [0.1, 0.15) is 26.7 Å². The van der Waals surface area contributed by atoms with E-state index in [2.05, 4.69) is 21.7 Å². The van der Waals surface area contributed by atoms with E-state index in [1.807, 2.05) is 0 Å². The molecule has 0 N–H and O–H groups in total. The summed E-state index contributed by atoms with van der Waals surface area (Å²) in [6.07, 6.45) is 2.17. The summed E-state index contributed by atoms with van der Waals surface area (Å²) >= 11 is 0.